The second-order valence-corrected chi connectivity index (χ2v) is 6.98. The quantitative estimate of drug-likeness (QED) is 0.743. The van der Waals surface area contributed by atoms with E-state index in [-0.39, 0.29) is 5.91 Å². The molecule has 1 aliphatic heterocycles. The molecule has 1 aliphatic rings. The lowest BCUT2D eigenvalue weighted by atomic mass is 9.96. The Morgan fingerprint density at radius 1 is 1.26 bits per heavy atom. The van der Waals surface area contributed by atoms with Gasteiger partial charge in [-0.05, 0) is 53.8 Å². The largest absolute Gasteiger partial charge is 0.339 e. The maximum Gasteiger partial charge on any atom is 0.253 e. The number of piperidine rings is 1. The van der Waals surface area contributed by atoms with Crippen LogP contribution in [0.1, 0.15) is 23.2 Å². The van der Waals surface area contributed by atoms with Crippen LogP contribution in [-0.4, -0.2) is 38.9 Å². The van der Waals surface area contributed by atoms with Gasteiger partial charge in [0.05, 0.1) is 6.20 Å². The number of carbonyl (C=O) groups is 1. The number of hydrogen-bond donors (Lipinski definition) is 0. The van der Waals surface area contributed by atoms with Crippen LogP contribution in [0.3, 0.4) is 0 Å². The van der Waals surface area contributed by atoms with E-state index in [2.05, 4.69) is 21.8 Å². The van der Waals surface area contributed by atoms with Gasteiger partial charge in [0, 0.05) is 36.1 Å². The highest BCUT2D eigenvalue weighted by Gasteiger charge is 2.24. The number of rotatable bonds is 3. The Morgan fingerprint density at radius 2 is 2.13 bits per heavy atom. The minimum Gasteiger partial charge on any atom is -0.339 e. The van der Waals surface area contributed by atoms with Gasteiger partial charge in [-0.2, -0.15) is 0 Å². The van der Waals surface area contributed by atoms with Gasteiger partial charge in [0.15, 0.2) is 0 Å². The van der Waals surface area contributed by atoms with Crippen LogP contribution in [0.5, 0.6) is 0 Å². The number of benzene rings is 1. The molecule has 1 amide bonds. The molecule has 23 heavy (non-hydrogen) atoms. The minimum atomic E-state index is 0.150. The molecule has 0 unspecified atom stereocenters. The number of aromatic nitrogens is 3. The van der Waals surface area contributed by atoms with Crippen molar-refractivity contribution in [2.24, 2.45) is 5.92 Å². The molecule has 1 aromatic carbocycles. The van der Waals surface area contributed by atoms with Crippen LogP contribution in [0.15, 0.2) is 42.0 Å². The van der Waals surface area contributed by atoms with E-state index in [0.717, 1.165) is 43.4 Å². The first-order chi connectivity index (χ1) is 11.3. The summed E-state index contributed by atoms with van der Waals surface area (Å²) in [6, 6.07) is 8.07. The maximum absolute atomic E-state index is 12.7. The average Bonchev–Trinajstić information content (AvgIpc) is 3.25. The first kappa shape index (κ1) is 14.4. The molecule has 4 rings (SSSR count). The van der Waals surface area contributed by atoms with Gasteiger partial charge in [0.2, 0.25) is 0 Å². The Bertz CT molecular complexity index is 803. The molecule has 6 heteroatoms. The third-order valence-electron chi connectivity index (χ3n) is 4.52. The van der Waals surface area contributed by atoms with Gasteiger partial charge in [0.25, 0.3) is 5.91 Å². The predicted octanol–water partition coefficient (Wildman–Crippen LogP) is 3.05. The fourth-order valence-electron chi connectivity index (χ4n) is 3.20. The monoisotopic (exact) mass is 326 g/mol. The third kappa shape index (κ3) is 2.99. The van der Waals surface area contributed by atoms with Crippen molar-refractivity contribution in [3.63, 3.8) is 0 Å². The molecule has 0 spiro atoms. The Labute approximate surface area is 138 Å². The molecule has 1 fully saturated rings. The molecule has 3 heterocycles. The maximum atomic E-state index is 12.7. The highest BCUT2D eigenvalue weighted by atomic mass is 32.1. The fraction of sp³-hybridized carbons (Fsp3) is 0.353. The van der Waals surface area contributed by atoms with Crippen LogP contribution in [0.2, 0.25) is 0 Å². The summed E-state index contributed by atoms with van der Waals surface area (Å²) in [5.41, 5.74) is 0.797. The number of hydrogen-bond acceptors (Lipinski definition) is 4. The zero-order valence-corrected chi connectivity index (χ0v) is 13.6. The summed E-state index contributed by atoms with van der Waals surface area (Å²) in [6.45, 7) is 2.53. The first-order valence-electron chi connectivity index (χ1n) is 7.90. The lowest BCUT2D eigenvalue weighted by molar-refractivity contribution is 0.0681. The number of amides is 1. The zero-order chi connectivity index (χ0) is 15.6. The lowest BCUT2D eigenvalue weighted by Gasteiger charge is -2.32. The number of thiophene rings is 1. The predicted molar refractivity (Wildman–Crippen MR) is 90.5 cm³/mol. The SMILES string of the molecule is O=C(c1ccc2sccc2c1)N1CCC(Cn2ccnn2)CC1. The van der Waals surface area contributed by atoms with E-state index in [4.69, 9.17) is 0 Å². The van der Waals surface area contributed by atoms with E-state index in [1.807, 2.05) is 34.0 Å². The van der Waals surface area contributed by atoms with Crippen molar-refractivity contribution < 1.29 is 4.79 Å². The molecular weight excluding hydrogens is 308 g/mol. The van der Waals surface area contributed by atoms with Gasteiger partial charge in [-0.15, -0.1) is 16.4 Å². The topological polar surface area (TPSA) is 51.0 Å². The summed E-state index contributed by atoms with van der Waals surface area (Å²) >= 11 is 1.71. The summed E-state index contributed by atoms with van der Waals surface area (Å²) in [5.74, 6) is 0.720. The van der Waals surface area contributed by atoms with Crippen molar-refractivity contribution in [2.45, 2.75) is 19.4 Å². The highest BCUT2D eigenvalue weighted by molar-refractivity contribution is 7.17. The second-order valence-electron chi connectivity index (χ2n) is 6.03. The summed E-state index contributed by atoms with van der Waals surface area (Å²) in [5, 5.41) is 11.1. The van der Waals surface area contributed by atoms with Crippen molar-refractivity contribution in [1.29, 1.82) is 0 Å². The summed E-state index contributed by atoms with van der Waals surface area (Å²) in [7, 11) is 0. The van der Waals surface area contributed by atoms with Crippen LogP contribution < -0.4 is 0 Å². The van der Waals surface area contributed by atoms with E-state index >= 15 is 0 Å². The van der Waals surface area contributed by atoms with Crippen molar-refractivity contribution in [2.75, 3.05) is 13.1 Å². The van der Waals surface area contributed by atoms with Gasteiger partial charge < -0.3 is 4.90 Å². The normalized spacial score (nSPS) is 16.1. The Kier molecular flexibility index (Phi) is 3.83. The Morgan fingerprint density at radius 3 is 2.91 bits per heavy atom. The van der Waals surface area contributed by atoms with Crippen molar-refractivity contribution in [1.82, 2.24) is 19.9 Å². The van der Waals surface area contributed by atoms with Crippen LogP contribution in [0, 0.1) is 5.92 Å². The Hall–Kier alpha value is -2.21. The summed E-state index contributed by atoms with van der Waals surface area (Å²) in [6.07, 6.45) is 5.64. The number of carbonyl (C=O) groups excluding carboxylic acids is 1. The smallest absolute Gasteiger partial charge is 0.253 e. The van der Waals surface area contributed by atoms with Crippen LogP contribution >= 0.6 is 11.3 Å². The summed E-state index contributed by atoms with van der Waals surface area (Å²) < 4.78 is 3.11. The van der Waals surface area contributed by atoms with Gasteiger partial charge in [0.1, 0.15) is 0 Å². The zero-order valence-electron chi connectivity index (χ0n) is 12.8. The van der Waals surface area contributed by atoms with Gasteiger partial charge in [-0.25, -0.2) is 0 Å². The van der Waals surface area contributed by atoms with Crippen LogP contribution in [-0.2, 0) is 6.54 Å². The van der Waals surface area contributed by atoms with Gasteiger partial charge in [-0.1, -0.05) is 5.21 Å². The molecule has 0 aliphatic carbocycles. The van der Waals surface area contributed by atoms with Crippen molar-refractivity contribution in [3.05, 3.63) is 47.6 Å². The van der Waals surface area contributed by atoms with Crippen LogP contribution in [0.4, 0.5) is 0 Å². The van der Waals surface area contributed by atoms with Gasteiger partial charge >= 0.3 is 0 Å². The molecule has 118 valence electrons. The molecule has 2 aromatic heterocycles. The molecule has 0 radical (unpaired) electrons. The number of nitrogens with zero attached hydrogens (tertiary/aromatic N) is 4. The van der Waals surface area contributed by atoms with Crippen LogP contribution in [0.25, 0.3) is 10.1 Å². The molecule has 0 N–H and O–H groups in total. The minimum absolute atomic E-state index is 0.150. The van der Waals surface area contributed by atoms with E-state index in [1.54, 1.807) is 17.5 Å². The van der Waals surface area contributed by atoms with Crippen molar-refractivity contribution >= 4 is 27.3 Å². The first-order valence-corrected chi connectivity index (χ1v) is 8.78. The van der Waals surface area contributed by atoms with E-state index < -0.39 is 0 Å². The Balaban J connectivity index is 1.40. The van der Waals surface area contributed by atoms with Gasteiger partial charge in [-0.3, -0.25) is 9.48 Å². The molecule has 0 atom stereocenters. The number of likely N-dealkylation sites (tertiary alicyclic amines) is 1. The summed E-state index contributed by atoms with van der Waals surface area (Å²) in [4.78, 5) is 14.7. The average molecular weight is 326 g/mol. The highest BCUT2D eigenvalue weighted by Crippen LogP contribution is 2.24. The molecule has 1 saturated heterocycles. The molecular formula is C17H18N4OS. The lowest BCUT2D eigenvalue weighted by Crippen LogP contribution is -2.39. The molecule has 5 nitrogen and oxygen atoms in total. The molecule has 3 aromatic rings. The molecule has 0 saturated carbocycles. The van der Waals surface area contributed by atoms with E-state index in [1.165, 1.54) is 4.70 Å². The second kappa shape index (κ2) is 6.12. The fourth-order valence-corrected chi connectivity index (χ4v) is 3.97. The third-order valence-corrected chi connectivity index (χ3v) is 5.42. The number of fused-ring (bicyclic) bond motifs is 1. The standard InChI is InChI=1S/C17H18N4OS/c22-17(15-1-2-16-14(11-15)5-10-23-16)20-7-3-13(4-8-20)12-21-9-6-18-19-21/h1-2,5-6,9-11,13H,3-4,7-8,12H2. The molecule has 0 bridgehead atoms. The van der Waals surface area contributed by atoms with E-state index in [0.29, 0.717) is 5.92 Å². The van der Waals surface area contributed by atoms with Crippen molar-refractivity contribution in [3.8, 4) is 0 Å². The van der Waals surface area contributed by atoms with E-state index in [9.17, 15) is 4.79 Å².